The third kappa shape index (κ3) is 0.745. The van der Waals surface area contributed by atoms with E-state index in [2.05, 4.69) is 22.7 Å². The Morgan fingerprint density at radius 1 is 1.67 bits per heavy atom. The van der Waals surface area contributed by atoms with E-state index in [1.54, 1.807) is 0 Å². The third-order valence-electron chi connectivity index (χ3n) is 1.80. The zero-order chi connectivity index (χ0) is 6.27. The molecule has 0 atom stereocenters. The summed E-state index contributed by atoms with van der Waals surface area (Å²) in [5.41, 5.74) is 0. The summed E-state index contributed by atoms with van der Waals surface area (Å²) in [6.07, 6.45) is 6.62. The summed E-state index contributed by atoms with van der Waals surface area (Å²) in [4.78, 5) is 4.14. The van der Waals surface area contributed by atoms with Crippen LogP contribution in [0.5, 0.6) is 0 Å². The van der Waals surface area contributed by atoms with E-state index in [1.807, 2.05) is 6.20 Å². The molecule has 1 fully saturated rings. The number of rotatable bonds is 1. The molecule has 0 aliphatic heterocycles. The van der Waals surface area contributed by atoms with E-state index in [-0.39, 0.29) is 0 Å². The molecule has 9 heavy (non-hydrogen) atoms. The second kappa shape index (κ2) is 1.59. The number of aromatic nitrogens is 2. The maximum absolute atomic E-state index is 4.14. The number of aryl methyl sites for hydroxylation is 1. The van der Waals surface area contributed by atoms with Crippen molar-refractivity contribution < 1.29 is 0 Å². The molecular formula is C7H10N2. The van der Waals surface area contributed by atoms with E-state index in [0.717, 1.165) is 11.9 Å². The fraction of sp³-hybridized carbons (Fsp3) is 0.571. The van der Waals surface area contributed by atoms with Gasteiger partial charge in [0.2, 0.25) is 0 Å². The first kappa shape index (κ1) is 5.03. The van der Waals surface area contributed by atoms with E-state index in [1.165, 1.54) is 12.8 Å². The molecule has 2 heteroatoms. The van der Waals surface area contributed by atoms with Gasteiger partial charge in [-0.3, -0.25) is 0 Å². The Bertz CT molecular complexity index is 210. The summed E-state index contributed by atoms with van der Waals surface area (Å²) in [6.45, 7) is 2.05. The fourth-order valence-corrected chi connectivity index (χ4v) is 1.13. The Kier molecular flexibility index (Phi) is 0.891. The minimum absolute atomic E-state index is 0.785. The van der Waals surface area contributed by atoms with Crippen molar-refractivity contribution in [3.63, 3.8) is 0 Å². The largest absolute Gasteiger partial charge is 0.332 e. The van der Waals surface area contributed by atoms with Gasteiger partial charge in [0.15, 0.2) is 0 Å². The van der Waals surface area contributed by atoms with Crippen molar-refractivity contribution in [1.29, 1.82) is 0 Å². The quantitative estimate of drug-likeness (QED) is 0.552. The topological polar surface area (TPSA) is 17.8 Å². The summed E-state index contributed by atoms with van der Waals surface area (Å²) in [7, 11) is 0. The SMILES string of the molecule is Cc1nccn1C1CC1. The highest BCUT2D eigenvalue weighted by Gasteiger charge is 2.23. The van der Waals surface area contributed by atoms with Gasteiger partial charge in [-0.05, 0) is 19.8 Å². The zero-order valence-electron chi connectivity index (χ0n) is 5.54. The molecule has 0 unspecified atom stereocenters. The molecule has 0 spiro atoms. The molecule has 0 saturated heterocycles. The molecule has 48 valence electrons. The standard InChI is InChI=1S/C7H10N2/c1-6-8-4-5-9(6)7-2-3-7/h4-5,7H,2-3H2,1H3. The molecule has 2 nitrogen and oxygen atoms in total. The van der Waals surface area contributed by atoms with E-state index in [9.17, 15) is 0 Å². The highest BCUT2D eigenvalue weighted by Crippen LogP contribution is 2.35. The molecule has 0 N–H and O–H groups in total. The van der Waals surface area contributed by atoms with Gasteiger partial charge in [-0.15, -0.1) is 0 Å². The van der Waals surface area contributed by atoms with Gasteiger partial charge in [0.25, 0.3) is 0 Å². The van der Waals surface area contributed by atoms with Crippen molar-refractivity contribution in [2.24, 2.45) is 0 Å². The lowest BCUT2D eigenvalue weighted by atomic mass is 10.6. The molecule has 2 rings (SSSR count). The monoisotopic (exact) mass is 122 g/mol. The van der Waals surface area contributed by atoms with Crippen LogP contribution in [0, 0.1) is 6.92 Å². The van der Waals surface area contributed by atoms with Crippen LogP contribution in [-0.2, 0) is 0 Å². The highest BCUT2D eigenvalue weighted by atomic mass is 15.1. The molecule has 1 aliphatic rings. The lowest BCUT2D eigenvalue weighted by Crippen LogP contribution is -1.93. The Hall–Kier alpha value is -0.790. The smallest absolute Gasteiger partial charge is 0.105 e. The van der Waals surface area contributed by atoms with Crippen molar-refractivity contribution in [1.82, 2.24) is 9.55 Å². The van der Waals surface area contributed by atoms with Crippen LogP contribution >= 0.6 is 0 Å². The summed E-state index contributed by atoms with van der Waals surface area (Å²) < 4.78 is 2.25. The molecule has 0 amide bonds. The Labute approximate surface area is 54.5 Å². The molecule has 1 saturated carbocycles. The van der Waals surface area contributed by atoms with E-state index in [0.29, 0.717) is 0 Å². The van der Waals surface area contributed by atoms with Gasteiger partial charge >= 0.3 is 0 Å². The normalized spacial score (nSPS) is 18.3. The number of nitrogens with zero attached hydrogens (tertiary/aromatic N) is 2. The molecule has 0 aromatic carbocycles. The third-order valence-corrected chi connectivity index (χ3v) is 1.80. The second-order valence-corrected chi connectivity index (χ2v) is 2.61. The predicted molar refractivity (Wildman–Crippen MR) is 35.2 cm³/mol. The van der Waals surface area contributed by atoms with Crippen LogP contribution in [0.25, 0.3) is 0 Å². The number of hydrogen-bond donors (Lipinski definition) is 0. The van der Waals surface area contributed by atoms with Crippen LogP contribution in [-0.4, -0.2) is 9.55 Å². The Balaban J connectivity index is 2.35. The van der Waals surface area contributed by atoms with Crippen molar-refractivity contribution >= 4 is 0 Å². The van der Waals surface area contributed by atoms with Crippen molar-refractivity contribution in [3.8, 4) is 0 Å². The van der Waals surface area contributed by atoms with Gasteiger partial charge in [-0.25, -0.2) is 4.98 Å². The van der Waals surface area contributed by atoms with Crippen LogP contribution in [0.3, 0.4) is 0 Å². The molecule has 1 aromatic rings. The zero-order valence-corrected chi connectivity index (χ0v) is 5.54. The van der Waals surface area contributed by atoms with Crippen LogP contribution in [0.2, 0.25) is 0 Å². The van der Waals surface area contributed by atoms with Crippen molar-refractivity contribution in [3.05, 3.63) is 18.2 Å². The lowest BCUT2D eigenvalue weighted by molar-refractivity contribution is 0.711. The van der Waals surface area contributed by atoms with E-state index < -0.39 is 0 Å². The molecule has 1 heterocycles. The van der Waals surface area contributed by atoms with Crippen molar-refractivity contribution in [2.45, 2.75) is 25.8 Å². The van der Waals surface area contributed by atoms with E-state index >= 15 is 0 Å². The average Bonchev–Trinajstić information content (AvgIpc) is 2.58. The lowest BCUT2D eigenvalue weighted by Gasteiger charge is -1.98. The summed E-state index contributed by atoms with van der Waals surface area (Å²) in [5, 5.41) is 0. The molecule has 1 aromatic heterocycles. The summed E-state index contributed by atoms with van der Waals surface area (Å²) >= 11 is 0. The molecule has 0 radical (unpaired) electrons. The number of hydrogen-bond acceptors (Lipinski definition) is 1. The van der Waals surface area contributed by atoms with Gasteiger partial charge < -0.3 is 4.57 Å². The molecular weight excluding hydrogens is 112 g/mol. The summed E-state index contributed by atoms with van der Waals surface area (Å²) in [6, 6.07) is 0.785. The van der Waals surface area contributed by atoms with Crippen LogP contribution < -0.4 is 0 Å². The first-order valence-corrected chi connectivity index (χ1v) is 3.37. The van der Waals surface area contributed by atoms with E-state index in [4.69, 9.17) is 0 Å². The van der Waals surface area contributed by atoms with Gasteiger partial charge in [0.05, 0.1) is 0 Å². The first-order chi connectivity index (χ1) is 4.38. The van der Waals surface area contributed by atoms with Crippen LogP contribution in [0.4, 0.5) is 0 Å². The van der Waals surface area contributed by atoms with Crippen LogP contribution in [0.1, 0.15) is 24.7 Å². The Morgan fingerprint density at radius 3 is 2.89 bits per heavy atom. The maximum atomic E-state index is 4.14. The van der Waals surface area contributed by atoms with Gasteiger partial charge in [-0.2, -0.15) is 0 Å². The highest BCUT2D eigenvalue weighted by molar-refractivity contribution is 4.96. The second-order valence-electron chi connectivity index (χ2n) is 2.61. The minimum Gasteiger partial charge on any atom is -0.332 e. The van der Waals surface area contributed by atoms with Gasteiger partial charge in [-0.1, -0.05) is 0 Å². The average molecular weight is 122 g/mol. The van der Waals surface area contributed by atoms with Crippen molar-refractivity contribution in [2.75, 3.05) is 0 Å². The number of imidazole rings is 1. The molecule has 0 bridgehead atoms. The van der Waals surface area contributed by atoms with Crippen LogP contribution in [0.15, 0.2) is 12.4 Å². The van der Waals surface area contributed by atoms with Gasteiger partial charge in [0.1, 0.15) is 5.82 Å². The maximum Gasteiger partial charge on any atom is 0.105 e. The first-order valence-electron chi connectivity index (χ1n) is 3.37. The van der Waals surface area contributed by atoms with Gasteiger partial charge in [0, 0.05) is 18.4 Å². The fourth-order valence-electron chi connectivity index (χ4n) is 1.13. The predicted octanol–water partition coefficient (Wildman–Crippen LogP) is 1.53. The molecule has 1 aliphatic carbocycles. The summed E-state index contributed by atoms with van der Waals surface area (Å²) in [5.74, 6) is 1.15. The Morgan fingerprint density at radius 2 is 2.44 bits per heavy atom. The minimum atomic E-state index is 0.785.